The third-order valence-corrected chi connectivity index (χ3v) is 5.67. The molecule has 172 valence electrons. The Balaban J connectivity index is 0.00000784. The van der Waals surface area contributed by atoms with E-state index >= 15 is 0 Å². The van der Waals surface area contributed by atoms with Gasteiger partial charge in [0.2, 0.25) is 5.91 Å². The van der Waals surface area contributed by atoms with Crippen LogP contribution in [0, 0.1) is 0 Å². The van der Waals surface area contributed by atoms with Crippen molar-refractivity contribution < 1.29 is 26.4 Å². The van der Waals surface area contributed by atoms with Crippen LogP contribution in [-0.4, -0.2) is 55.8 Å². The summed E-state index contributed by atoms with van der Waals surface area (Å²) in [5.41, 5.74) is 0. The van der Waals surface area contributed by atoms with Crippen molar-refractivity contribution in [3.63, 3.8) is 0 Å². The van der Waals surface area contributed by atoms with Gasteiger partial charge in [-0.25, -0.2) is 0 Å². The zero-order chi connectivity index (χ0) is 20.5. The topological polar surface area (TPSA) is 29.5 Å². The van der Waals surface area contributed by atoms with Crippen molar-refractivity contribution in [3.8, 4) is 0 Å². The molecule has 1 saturated heterocycles. The van der Waals surface area contributed by atoms with Crippen LogP contribution in [-0.2, 0) is 9.53 Å². The average Bonchev–Trinajstić information content (AvgIpc) is 3.05. The molecule has 1 amide bonds. The van der Waals surface area contributed by atoms with Gasteiger partial charge in [-0.3, -0.25) is 9.69 Å². The van der Waals surface area contributed by atoms with E-state index in [1.807, 2.05) is 11.2 Å². The number of rotatable bonds is 18. The van der Waals surface area contributed by atoms with Crippen LogP contribution >= 0.6 is 0 Å². The Morgan fingerprint density at radius 3 is 2.17 bits per heavy atom. The van der Waals surface area contributed by atoms with Crippen LogP contribution in [0.5, 0.6) is 0 Å². The lowest BCUT2D eigenvalue weighted by molar-refractivity contribution is -0.899. The highest BCUT2D eigenvalue weighted by Crippen LogP contribution is 2.13. The van der Waals surface area contributed by atoms with Gasteiger partial charge in [-0.1, -0.05) is 64.7 Å². The molecule has 0 aromatic carbocycles. The van der Waals surface area contributed by atoms with Crippen LogP contribution < -0.4 is 12.4 Å². The van der Waals surface area contributed by atoms with Crippen molar-refractivity contribution in [2.45, 2.75) is 96.8 Å². The summed E-state index contributed by atoms with van der Waals surface area (Å²) < 4.78 is 6.50. The Morgan fingerprint density at radius 1 is 0.966 bits per heavy atom. The number of hydrogen-bond donors (Lipinski definition) is 0. The number of unbranched alkanes of at least 4 members (excludes halogenated alkanes) is 10. The molecule has 29 heavy (non-hydrogen) atoms. The molecule has 1 aliphatic heterocycles. The summed E-state index contributed by atoms with van der Waals surface area (Å²) in [6, 6.07) is 0. The lowest BCUT2D eigenvalue weighted by Crippen LogP contribution is -3.00. The Hall–Kier alpha value is -0.740. The van der Waals surface area contributed by atoms with Crippen LogP contribution in [0.25, 0.3) is 0 Å². The first kappa shape index (κ1) is 28.3. The van der Waals surface area contributed by atoms with E-state index in [1.54, 1.807) is 0 Å². The van der Waals surface area contributed by atoms with Gasteiger partial charge >= 0.3 is 0 Å². The van der Waals surface area contributed by atoms with Crippen LogP contribution in [0.15, 0.2) is 12.3 Å². The van der Waals surface area contributed by atoms with Crippen molar-refractivity contribution >= 4 is 5.91 Å². The molecule has 1 fully saturated rings. The van der Waals surface area contributed by atoms with Gasteiger partial charge in [-0.2, -0.15) is 0 Å². The second-order valence-corrected chi connectivity index (χ2v) is 9.13. The molecular weight excluding hydrogens is 384 g/mol. The highest BCUT2D eigenvalue weighted by Gasteiger charge is 2.26. The van der Waals surface area contributed by atoms with E-state index in [1.165, 1.54) is 64.2 Å². The third kappa shape index (κ3) is 15.7. The molecule has 4 nitrogen and oxygen atoms in total. The minimum absolute atomic E-state index is 0. The summed E-state index contributed by atoms with van der Waals surface area (Å²) in [5.74, 6) is 0.317. The van der Waals surface area contributed by atoms with Gasteiger partial charge < -0.3 is 21.6 Å². The summed E-state index contributed by atoms with van der Waals surface area (Å²) in [7, 11) is 4.40. The van der Waals surface area contributed by atoms with E-state index in [0.29, 0.717) is 5.91 Å². The Morgan fingerprint density at radius 2 is 1.59 bits per heavy atom. The minimum atomic E-state index is 0. The minimum Gasteiger partial charge on any atom is -1.00 e. The van der Waals surface area contributed by atoms with E-state index < -0.39 is 0 Å². The molecule has 0 unspecified atom stereocenters. The van der Waals surface area contributed by atoms with Gasteiger partial charge in [0.1, 0.15) is 0 Å². The fourth-order valence-electron chi connectivity index (χ4n) is 3.92. The van der Waals surface area contributed by atoms with Crippen molar-refractivity contribution in [3.05, 3.63) is 12.3 Å². The van der Waals surface area contributed by atoms with Crippen LogP contribution in [0.1, 0.15) is 96.8 Å². The first-order chi connectivity index (χ1) is 13.5. The highest BCUT2D eigenvalue weighted by atomic mass is 35.5. The van der Waals surface area contributed by atoms with Gasteiger partial charge in [0, 0.05) is 19.4 Å². The van der Waals surface area contributed by atoms with Gasteiger partial charge in [0.15, 0.2) is 6.67 Å². The Kier molecular flexibility index (Phi) is 17.6. The maximum absolute atomic E-state index is 11.8. The van der Waals surface area contributed by atoms with Crippen molar-refractivity contribution in [2.75, 3.05) is 40.5 Å². The number of halogens is 1. The molecule has 0 saturated carbocycles. The second kappa shape index (κ2) is 18.1. The van der Waals surface area contributed by atoms with Gasteiger partial charge in [0.05, 0.1) is 33.5 Å². The summed E-state index contributed by atoms with van der Waals surface area (Å²) in [4.78, 5) is 13.8. The largest absolute Gasteiger partial charge is 1.00 e. The molecule has 0 aliphatic carbocycles. The first-order valence-electron chi connectivity index (χ1n) is 11.9. The third-order valence-electron chi connectivity index (χ3n) is 5.67. The van der Waals surface area contributed by atoms with E-state index in [9.17, 15) is 4.79 Å². The number of carbonyl (C=O) groups is 1. The maximum atomic E-state index is 11.8. The molecular formula is C24H47ClN2O2. The van der Waals surface area contributed by atoms with Crippen molar-refractivity contribution in [1.82, 2.24) is 4.90 Å². The SMILES string of the molecule is CCCCCCCCCCCCC=COCCC[N+](C)(C)CN1CCCC1=O.[Cl-]. The second-order valence-electron chi connectivity index (χ2n) is 9.13. The fraction of sp³-hybridized carbons (Fsp3) is 0.875. The molecule has 5 heteroatoms. The molecule has 0 aromatic rings. The van der Waals surface area contributed by atoms with Crippen LogP contribution in [0.3, 0.4) is 0 Å². The molecule has 0 N–H and O–H groups in total. The van der Waals surface area contributed by atoms with E-state index in [-0.39, 0.29) is 12.4 Å². The lowest BCUT2D eigenvalue weighted by atomic mass is 10.1. The molecule has 1 rings (SSSR count). The molecule has 0 radical (unpaired) electrons. The number of carbonyl (C=O) groups excluding carboxylic acids is 1. The smallest absolute Gasteiger partial charge is 0.226 e. The van der Waals surface area contributed by atoms with Gasteiger partial charge in [0.25, 0.3) is 0 Å². The average molecular weight is 431 g/mol. The molecule has 1 aliphatic rings. The van der Waals surface area contributed by atoms with E-state index in [4.69, 9.17) is 4.74 Å². The van der Waals surface area contributed by atoms with E-state index in [2.05, 4.69) is 27.1 Å². The zero-order valence-electron chi connectivity index (χ0n) is 19.5. The number of hydrogen-bond acceptors (Lipinski definition) is 2. The normalized spacial score (nSPS) is 14.6. The maximum Gasteiger partial charge on any atom is 0.226 e. The number of ether oxygens (including phenoxy) is 1. The van der Waals surface area contributed by atoms with Crippen molar-refractivity contribution in [2.24, 2.45) is 0 Å². The van der Waals surface area contributed by atoms with Crippen LogP contribution in [0.2, 0.25) is 0 Å². The zero-order valence-corrected chi connectivity index (χ0v) is 20.2. The fourth-order valence-corrected chi connectivity index (χ4v) is 3.92. The summed E-state index contributed by atoms with van der Waals surface area (Å²) in [6.45, 7) is 5.84. The standard InChI is InChI=1S/C24H47N2O2.ClH/c1-4-5-6-7-8-9-10-11-12-13-14-15-21-28-22-17-20-26(2,3)23-25-19-16-18-24(25)27;/h15,21H,4-14,16-20,22-23H2,1-3H3;1H/q+1;/p-1. The predicted octanol–water partition coefficient (Wildman–Crippen LogP) is 2.88. The molecule has 0 spiro atoms. The summed E-state index contributed by atoms with van der Waals surface area (Å²) in [5, 5.41) is 0. The molecule has 0 atom stereocenters. The first-order valence-corrected chi connectivity index (χ1v) is 11.9. The number of nitrogens with zero attached hydrogens (tertiary/aromatic N) is 2. The van der Waals surface area contributed by atoms with Gasteiger partial charge in [-0.15, -0.1) is 0 Å². The Labute approximate surface area is 187 Å². The number of likely N-dealkylation sites (tertiary alicyclic amines) is 1. The number of amides is 1. The molecule has 0 bridgehead atoms. The van der Waals surface area contributed by atoms with E-state index in [0.717, 1.165) is 56.5 Å². The monoisotopic (exact) mass is 430 g/mol. The van der Waals surface area contributed by atoms with Gasteiger partial charge in [-0.05, 0) is 25.3 Å². The lowest BCUT2D eigenvalue weighted by Gasteiger charge is -2.33. The van der Waals surface area contributed by atoms with Crippen molar-refractivity contribution in [1.29, 1.82) is 0 Å². The predicted molar refractivity (Wildman–Crippen MR) is 119 cm³/mol. The quantitative estimate of drug-likeness (QED) is 0.190. The number of allylic oxidation sites excluding steroid dienone is 1. The summed E-state index contributed by atoms with van der Waals surface area (Å²) in [6.07, 6.45) is 21.8. The highest BCUT2D eigenvalue weighted by molar-refractivity contribution is 5.77. The number of quaternary nitrogens is 1. The Bertz CT molecular complexity index is 427. The summed E-state index contributed by atoms with van der Waals surface area (Å²) >= 11 is 0. The van der Waals surface area contributed by atoms with Crippen LogP contribution in [0.4, 0.5) is 0 Å². The molecule has 1 heterocycles. The molecule has 0 aromatic heterocycles.